The molecule has 1 aromatic carbocycles. The van der Waals surface area contributed by atoms with Crippen LogP contribution in [-0.4, -0.2) is 41.9 Å². The van der Waals surface area contributed by atoms with Crippen molar-refractivity contribution in [2.45, 2.75) is 54.7 Å². The van der Waals surface area contributed by atoms with Crippen molar-refractivity contribution in [1.82, 2.24) is 10.2 Å². The molecule has 1 atom stereocenters. The van der Waals surface area contributed by atoms with Crippen LogP contribution in [0.2, 0.25) is 0 Å². The number of ketones is 1. The summed E-state index contributed by atoms with van der Waals surface area (Å²) in [5.74, 6) is -0.0344. The lowest BCUT2D eigenvalue weighted by Crippen LogP contribution is -2.21. The zero-order valence-electron chi connectivity index (χ0n) is 15.8. The largest absolute Gasteiger partial charge is 0.357 e. The summed E-state index contributed by atoms with van der Waals surface area (Å²) in [5.41, 5.74) is 0.964. The Balaban J connectivity index is 1.56. The molecule has 1 fully saturated rings. The van der Waals surface area contributed by atoms with E-state index in [1.807, 2.05) is 6.92 Å². The van der Waals surface area contributed by atoms with Crippen LogP contribution in [0.3, 0.4) is 0 Å². The summed E-state index contributed by atoms with van der Waals surface area (Å²) in [4.78, 5) is 12.7. The fraction of sp³-hybridized carbons (Fsp3) is 0.500. The van der Waals surface area contributed by atoms with Crippen LogP contribution in [0.25, 0.3) is 0 Å². The first-order valence-corrected chi connectivity index (χ1v) is 12.8. The molecule has 28 heavy (non-hydrogen) atoms. The molecule has 10 heteroatoms. The maximum Gasteiger partial charge on any atom is 0.229 e. The van der Waals surface area contributed by atoms with Crippen molar-refractivity contribution in [2.75, 3.05) is 16.3 Å². The summed E-state index contributed by atoms with van der Waals surface area (Å²) in [5, 5.41) is 12.3. The number of hydrogen-bond acceptors (Lipinski definition) is 8. The molecule has 0 bridgehead atoms. The van der Waals surface area contributed by atoms with Crippen LogP contribution in [0.15, 0.2) is 28.6 Å². The number of carbonyl (C=O) groups is 1. The molecule has 1 aromatic heterocycles. The smallest absolute Gasteiger partial charge is 0.229 e. The van der Waals surface area contributed by atoms with E-state index in [9.17, 15) is 13.2 Å². The predicted molar refractivity (Wildman–Crippen MR) is 115 cm³/mol. The van der Waals surface area contributed by atoms with Crippen molar-refractivity contribution in [1.29, 1.82) is 0 Å². The molecule has 1 unspecified atom stereocenters. The highest BCUT2D eigenvalue weighted by molar-refractivity contribution is 8.02. The second-order valence-corrected chi connectivity index (χ2v) is 11.2. The van der Waals surface area contributed by atoms with Gasteiger partial charge in [-0.05, 0) is 44.0 Å². The summed E-state index contributed by atoms with van der Waals surface area (Å²) >= 11 is 2.86. The van der Waals surface area contributed by atoms with E-state index < -0.39 is 10.0 Å². The quantitative estimate of drug-likeness (QED) is 0.472. The Morgan fingerprint density at radius 1 is 1.18 bits per heavy atom. The number of Topliss-reactive ketones (excluding diaryl/α,β-unsaturated/α-hetero) is 1. The Morgan fingerprint density at radius 2 is 1.86 bits per heavy atom. The fourth-order valence-corrected chi connectivity index (χ4v) is 5.71. The normalized spacial score (nSPS) is 16.5. The minimum Gasteiger partial charge on any atom is -0.357 e. The average Bonchev–Trinajstić information content (AvgIpc) is 3.08. The number of nitrogens with zero attached hydrogens (tertiary/aromatic N) is 2. The van der Waals surface area contributed by atoms with E-state index in [1.54, 1.807) is 24.3 Å². The third-order valence-electron chi connectivity index (χ3n) is 4.46. The van der Waals surface area contributed by atoms with E-state index in [0.717, 1.165) is 15.7 Å². The van der Waals surface area contributed by atoms with Crippen molar-refractivity contribution in [3.05, 3.63) is 29.8 Å². The number of aromatic nitrogens is 2. The van der Waals surface area contributed by atoms with Gasteiger partial charge in [-0.25, -0.2) is 8.42 Å². The molecule has 3 rings (SSSR count). The summed E-state index contributed by atoms with van der Waals surface area (Å²) in [7, 11) is -3.33. The standard InChI is InChI=1S/C18H24N4O3S3/c1-12(16(23)13-8-10-15(11-9-13)22-28(2,24)25)26-18-21-20-17(27-18)19-14-6-4-3-5-7-14/h8-12,14,22H,3-7H2,1-2H3,(H,19,20). The molecule has 152 valence electrons. The maximum absolute atomic E-state index is 12.7. The van der Waals surface area contributed by atoms with Gasteiger partial charge in [0.2, 0.25) is 15.2 Å². The number of thioether (sulfide) groups is 1. The van der Waals surface area contributed by atoms with Gasteiger partial charge in [0.1, 0.15) is 0 Å². The molecule has 1 aliphatic carbocycles. The molecular weight excluding hydrogens is 416 g/mol. The van der Waals surface area contributed by atoms with Gasteiger partial charge in [0.25, 0.3) is 0 Å². The van der Waals surface area contributed by atoms with Crippen LogP contribution < -0.4 is 10.0 Å². The van der Waals surface area contributed by atoms with Crippen molar-refractivity contribution in [3.63, 3.8) is 0 Å². The van der Waals surface area contributed by atoms with Gasteiger partial charge in [0.15, 0.2) is 10.1 Å². The Hall–Kier alpha value is -1.65. The molecule has 0 amide bonds. The molecule has 1 aliphatic rings. The van der Waals surface area contributed by atoms with Gasteiger partial charge in [0, 0.05) is 17.3 Å². The number of anilines is 2. The molecule has 1 saturated carbocycles. The lowest BCUT2D eigenvalue weighted by Gasteiger charge is -2.21. The lowest BCUT2D eigenvalue weighted by atomic mass is 9.96. The second kappa shape index (κ2) is 9.23. The van der Waals surface area contributed by atoms with Gasteiger partial charge < -0.3 is 5.32 Å². The number of rotatable bonds is 8. The zero-order valence-corrected chi connectivity index (χ0v) is 18.3. The van der Waals surface area contributed by atoms with Gasteiger partial charge in [0.05, 0.1) is 11.5 Å². The molecule has 0 saturated heterocycles. The van der Waals surface area contributed by atoms with Crippen LogP contribution in [0.1, 0.15) is 49.4 Å². The zero-order chi connectivity index (χ0) is 20.1. The average molecular weight is 441 g/mol. The van der Waals surface area contributed by atoms with E-state index in [4.69, 9.17) is 0 Å². The van der Waals surface area contributed by atoms with E-state index >= 15 is 0 Å². The summed E-state index contributed by atoms with van der Waals surface area (Å²) in [6.07, 6.45) is 7.23. The Kier molecular flexibility index (Phi) is 6.95. The minimum atomic E-state index is -3.33. The molecule has 0 radical (unpaired) electrons. The predicted octanol–water partition coefficient (Wildman–Crippen LogP) is 4.02. The van der Waals surface area contributed by atoms with E-state index in [0.29, 0.717) is 17.3 Å². The topological polar surface area (TPSA) is 101 Å². The van der Waals surface area contributed by atoms with Gasteiger partial charge in [-0.2, -0.15) is 0 Å². The third kappa shape index (κ3) is 6.18. The van der Waals surface area contributed by atoms with Crippen LogP contribution in [0, 0.1) is 0 Å². The molecule has 7 nitrogen and oxygen atoms in total. The van der Waals surface area contributed by atoms with Gasteiger partial charge >= 0.3 is 0 Å². The van der Waals surface area contributed by atoms with Crippen molar-refractivity contribution >= 4 is 49.7 Å². The van der Waals surface area contributed by atoms with Gasteiger partial charge in [-0.1, -0.05) is 42.4 Å². The molecule has 0 spiro atoms. The fourth-order valence-electron chi connectivity index (χ4n) is 3.09. The van der Waals surface area contributed by atoms with Crippen molar-refractivity contribution < 1.29 is 13.2 Å². The molecule has 2 N–H and O–H groups in total. The van der Waals surface area contributed by atoms with Crippen LogP contribution in [-0.2, 0) is 10.0 Å². The SMILES string of the molecule is CC(Sc1nnc(NC2CCCCC2)s1)C(=O)c1ccc(NS(C)(=O)=O)cc1. The first-order valence-electron chi connectivity index (χ1n) is 9.19. The summed E-state index contributed by atoms with van der Waals surface area (Å²) in [6.45, 7) is 1.84. The van der Waals surface area contributed by atoms with Gasteiger partial charge in [-0.3, -0.25) is 9.52 Å². The highest BCUT2D eigenvalue weighted by Gasteiger charge is 2.20. The monoisotopic (exact) mass is 440 g/mol. The van der Waals surface area contributed by atoms with Crippen LogP contribution >= 0.6 is 23.1 Å². The third-order valence-corrected chi connectivity index (χ3v) is 7.10. The maximum atomic E-state index is 12.7. The van der Waals surface area contributed by atoms with E-state index in [1.165, 1.54) is 55.2 Å². The van der Waals surface area contributed by atoms with Crippen LogP contribution in [0.5, 0.6) is 0 Å². The van der Waals surface area contributed by atoms with Crippen LogP contribution in [0.4, 0.5) is 10.8 Å². The minimum absolute atomic E-state index is 0.0344. The van der Waals surface area contributed by atoms with Gasteiger partial charge in [-0.15, -0.1) is 10.2 Å². The molecule has 0 aliphatic heterocycles. The Morgan fingerprint density at radius 3 is 2.50 bits per heavy atom. The molecular formula is C18H24N4O3S3. The highest BCUT2D eigenvalue weighted by atomic mass is 32.2. The van der Waals surface area contributed by atoms with E-state index in [2.05, 4.69) is 20.2 Å². The highest BCUT2D eigenvalue weighted by Crippen LogP contribution is 2.32. The number of sulfonamides is 1. The molecule has 2 aromatic rings. The van der Waals surface area contributed by atoms with E-state index in [-0.39, 0.29) is 11.0 Å². The summed E-state index contributed by atoms with van der Waals surface area (Å²) < 4.78 is 25.7. The Bertz CT molecular complexity index is 906. The number of nitrogens with one attached hydrogen (secondary N) is 2. The molecule has 1 heterocycles. The summed E-state index contributed by atoms with van der Waals surface area (Å²) in [6, 6.07) is 6.90. The first kappa shape index (κ1) is 21.1. The first-order chi connectivity index (χ1) is 13.3. The second-order valence-electron chi connectivity index (χ2n) is 6.93. The number of carbonyl (C=O) groups excluding carboxylic acids is 1. The Labute approximate surface area is 173 Å². The van der Waals surface area contributed by atoms with Crippen molar-refractivity contribution in [3.8, 4) is 0 Å². The number of benzene rings is 1. The lowest BCUT2D eigenvalue weighted by molar-refractivity contribution is 0.0994. The van der Waals surface area contributed by atoms with Crippen molar-refractivity contribution in [2.24, 2.45) is 0 Å². The number of hydrogen-bond donors (Lipinski definition) is 2.